The summed E-state index contributed by atoms with van der Waals surface area (Å²) in [7, 11) is 0. The van der Waals surface area contributed by atoms with E-state index < -0.39 is 6.10 Å². The fourth-order valence-electron chi connectivity index (χ4n) is 1.29. The standard InChI is InChI=1S/C7H12N4O3/c1-5(12)7-8-9-10-11(7)4-6-13-2-3-14-6/h5-6,12H,2-4H2,1H3. The third kappa shape index (κ3) is 1.89. The van der Waals surface area contributed by atoms with E-state index in [-0.39, 0.29) is 6.29 Å². The molecule has 0 aliphatic carbocycles. The fourth-order valence-corrected chi connectivity index (χ4v) is 1.29. The van der Waals surface area contributed by atoms with Gasteiger partial charge >= 0.3 is 0 Å². The van der Waals surface area contributed by atoms with Crippen molar-refractivity contribution >= 4 is 0 Å². The van der Waals surface area contributed by atoms with Crippen LogP contribution in [0.25, 0.3) is 0 Å². The smallest absolute Gasteiger partial charge is 0.179 e. The summed E-state index contributed by atoms with van der Waals surface area (Å²) in [4.78, 5) is 0. The largest absolute Gasteiger partial charge is 0.385 e. The maximum absolute atomic E-state index is 9.32. The van der Waals surface area contributed by atoms with Crippen molar-refractivity contribution in [2.75, 3.05) is 13.2 Å². The molecule has 14 heavy (non-hydrogen) atoms. The van der Waals surface area contributed by atoms with E-state index in [9.17, 15) is 5.11 Å². The quantitative estimate of drug-likeness (QED) is 0.680. The van der Waals surface area contributed by atoms with Gasteiger partial charge in [0.1, 0.15) is 6.10 Å². The summed E-state index contributed by atoms with van der Waals surface area (Å²) >= 11 is 0. The van der Waals surface area contributed by atoms with E-state index in [1.165, 1.54) is 4.68 Å². The summed E-state index contributed by atoms with van der Waals surface area (Å²) in [6, 6.07) is 0. The van der Waals surface area contributed by atoms with Crippen LogP contribution in [-0.2, 0) is 16.0 Å². The Balaban J connectivity index is 2.04. The normalized spacial score (nSPS) is 20.1. The van der Waals surface area contributed by atoms with Crippen LogP contribution in [0.4, 0.5) is 0 Å². The average Bonchev–Trinajstić information content (AvgIpc) is 2.75. The Kier molecular flexibility index (Phi) is 2.71. The Bertz CT molecular complexity index is 295. The van der Waals surface area contributed by atoms with Gasteiger partial charge in [-0.2, -0.15) is 0 Å². The van der Waals surface area contributed by atoms with E-state index in [1.807, 2.05) is 0 Å². The van der Waals surface area contributed by atoms with Crippen LogP contribution in [0.1, 0.15) is 18.9 Å². The van der Waals surface area contributed by atoms with Gasteiger partial charge in [-0.25, -0.2) is 4.68 Å². The molecule has 0 radical (unpaired) electrons. The maximum atomic E-state index is 9.32. The highest BCUT2D eigenvalue weighted by Gasteiger charge is 2.20. The number of nitrogens with zero attached hydrogens (tertiary/aromatic N) is 4. The molecule has 0 amide bonds. The topological polar surface area (TPSA) is 82.3 Å². The highest BCUT2D eigenvalue weighted by Crippen LogP contribution is 2.10. The maximum Gasteiger partial charge on any atom is 0.179 e. The Hall–Kier alpha value is -1.05. The molecule has 7 heteroatoms. The van der Waals surface area contributed by atoms with Crippen LogP contribution in [0, 0.1) is 0 Å². The molecular formula is C7H12N4O3. The Morgan fingerprint density at radius 1 is 1.57 bits per heavy atom. The van der Waals surface area contributed by atoms with E-state index in [2.05, 4.69) is 15.5 Å². The molecule has 1 aromatic heterocycles. The molecule has 1 fully saturated rings. The second kappa shape index (κ2) is 3.99. The molecule has 0 saturated carbocycles. The minimum absolute atomic E-state index is 0.309. The van der Waals surface area contributed by atoms with Crippen molar-refractivity contribution in [3.63, 3.8) is 0 Å². The molecule has 0 bridgehead atoms. The van der Waals surface area contributed by atoms with E-state index in [1.54, 1.807) is 6.92 Å². The average molecular weight is 200 g/mol. The number of ether oxygens (including phenoxy) is 2. The van der Waals surface area contributed by atoms with Gasteiger partial charge in [0.25, 0.3) is 0 Å². The Morgan fingerprint density at radius 3 is 2.93 bits per heavy atom. The molecule has 2 rings (SSSR count). The predicted molar refractivity (Wildman–Crippen MR) is 44.1 cm³/mol. The summed E-state index contributed by atoms with van der Waals surface area (Å²) in [6.45, 7) is 3.21. The van der Waals surface area contributed by atoms with Crippen molar-refractivity contribution in [2.45, 2.75) is 25.9 Å². The molecule has 78 valence electrons. The van der Waals surface area contributed by atoms with E-state index in [4.69, 9.17) is 9.47 Å². The minimum Gasteiger partial charge on any atom is -0.385 e. The van der Waals surface area contributed by atoms with Gasteiger partial charge in [-0.15, -0.1) is 5.10 Å². The molecule has 0 spiro atoms. The van der Waals surface area contributed by atoms with Crippen LogP contribution in [0.3, 0.4) is 0 Å². The van der Waals surface area contributed by atoms with E-state index in [0.29, 0.717) is 25.6 Å². The first-order valence-corrected chi connectivity index (χ1v) is 4.44. The number of aromatic nitrogens is 4. The number of hydrogen-bond acceptors (Lipinski definition) is 6. The van der Waals surface area contributed by atoms with Gasteiger partial charge in [0, 0.05) is 0 Å². The molecule has 1 saturated heterocycles. The van der Waals surface area contributed by atoms with E-state index in [0.717, 1.165) is 0 Å². The Morgan fingerprint density at radius 2 is 2.29 bits per heavy atom. The summed E-state index contributed by atoms with van der Waals surface area (Å²) in [5.41, 5.74) is 0. The molecule has 0 aromatic carbocycles. The lowest BCUT2D eigenvalue weighted by atomic mass is 10.4. The molecule has 1 N–H and O–H groups in total. The molecule has 1 unspecified atom stereocenters. The van der Waals surface area contributed by atoms with Gasteiger partial charge in [-0.3, -0.25) is 0 Å². The third-order valence-corrected chi connectivity index (χ3v) is 1.95. The van der Waals surface area contributed by atoms with E-state index >= 15 is 0 Å². The second-order valence-corrected chi connectivity index (χ2v) is 3.07. The lowest BCUT2D eigenvalue weighted by Crippen LogP contribution is -2.20. The predicted octanol–water partition coefficient (Wildman–Crippen LogP) is -0.901. The van der Waals surface area contributed by atoms with Crippen LogP contribution in [0.2, 0.25) is 0 Å². The highest BCUT2D eigenvalue weighted by molar-refractivity contribution is 4.84. The molecule has 1 aliphatic heterocycles. The molecule has 1 atom stereocenters. The molecular weight excluding hydrogens is 188 g/mol. The van der Waals surface area contributed by atoms with Gasteiger partial charge in [0.05, 0.1) is 19.8 Å². The molecule has 1 aliphatic rings. The second-order valence-electron chi connectivity index (χ2n) is 3.07. The minimum atomic E-state index is -0.689. The lowest BCUT2D eigenvalue weighted by Gasteiger charge is -2.10. The van der Waals surface area contributed by atoms with Crippen molar-refractivity contribution in [3.8, 4) is 0 Å². The van der Waals surface area contributed by atoms with Crippen LogP contribution >= 0.6 is 0 Å². The zero-order valence-corrected chi connectivity index (χ0v) is 7.83. The summed E-state index contributed by atoms with van der Waals surface area (Å²) in [5, 5.41) is 20.2. The zero-order valence-electron chi connectivity index (χ0n) is 7.83. The van der Waals surface area contributed by atoms with Gasteiger partial charge < -0.3 is 14.6 Å². The van der Waals surface area contributed by atoms with Crippen molar-refractivity contribution < 1.29 is 14.6 Å². The van der Waals surface area contributed by atoms with Crippen LogP contribution < -0.4 is 0 Å². The summed E-state index contributed by atoms with van der Waals surface area (Å²) in [6.07, 6.45) is -0.998. The van der Waals surface area contributed by atoms with Gasteiger partial charge in [0.2, 0.25) is 0 Å². The van der Waals surface area contributed by atoms with Crippen LogP contribution in [0.15, 0.2) is 0 Å². The van der Waals surface area contributed by atoms with Crippen molar-refractivity contribution in [2.24, 2.45) is 0 Å². The first-order chi connectivity index (χ1) is 6.77. The Labute approximate surface area is 80.6 Å². The number of tetrazole rings is 1. The number of aliphatic hydroxyl groups excluding tert-OH is 1. The summed E-state index contributed by atoms with van der Waals surface area (Å²) in [5.74, 6) is 0.420. The first-order valence-electron chi connectivity index (χ1n) is 4.44. The number of rotatable bonds is 3. The number of hydrogen-bond donors (Lipinski definition) is 1. The van der Waals surface area contributed by atoms with Crippen LogP contribution in [-0.4, -0.2) is 44.8 Å². The monoisotopic (exact) mass is 200 g/mol. The molecule has 1 aromatic rings. The molecule has 7 nitrogen and oxygen atoms in total. The first kappa shape index (κ1) is 9.50. The SMILES string of the molecule is CC(O)c1nnnn1CC1OCCO1. The summed E-state index contributed by atoms with van der Waals surface area (Å²) < 4.78 is 12.0. The number of aliphatic hydroxyl groups is 1. The lowest BCUT2D eigenvalue weighted by molar-refractivity contribution is -0.0561. The van der Waals surface area contributed by atoms with Crippen LogP contribution in [0.5, 0.6) is 0 Å². The van der Waals surface area contributed by atoms with Gasteiger partial charge in [-0.1, -0.05) is 0 Å². The molecule has 2 heterocycles. The van der Waals surface area contributed by atoms with Crippen molar-refractivity contribution in [1.82, 2.24) is 20.2 Å². The van der Waals surface area contributed by atoms with Crippen molar-refractivity contribution in [1.29, 1.82) is 0 Å². The fraction of sp³-hybridized carbons (Fsp3) is 0.857. The van der Waals surface area contributed by atoms with Gasteiger partial charge in [0.15, 0.2) is 12.1 Å². The zero-order chi connectivity index (χ0) is 9.97. The van der Waals surface area contributed by atoms with Gasteiger partial charge in [-0.05, 0) is 17.4 Å². The third-order valence-electron chi connectivity index (χ3n) is 1.95. The highest BCUT2D eigenvalue weighted by atomic mass is 16.7. The van der Waals surface area contributed by atoms with Crippen molar-refractivity contribution in [3.05, 3.63) is 5.82 Å².